The van der Waals surface area contributed by atoms with E-state index in [9.17, 15) is 14.8 Å². The Balaban J connectivity index is 0.000000260. The standard InChI is InChI=1S/C7H10NO4P.C7H14O6/c1-11-6-2-4-7(5-3-6)12-13(8,9)10;1-12-2-3-4(8)5(9)6(10)7(11)13-3/h2-5H,1H3,(H3,8,9,10);3-11H,2H2,1H3/t;3-,4+,5+,6-,7+/m.1/s1. The first kappa shape index (κ1) is 22.8. The van der Waals surface area contributed by atoms with Crippen LogP contribution in [0.15, 0.2) is 24.3 Å². The van der Waals surface area contributed by atoms with E-state index in [1.165, 1.54) is 26.4 Å². The van der Waals surface area contributed by atoms with Gasteiger partial charge in [0.15, 0.2) is 6.29 Å². The Kier molecular flexibility index (Phi) is 8.90. The Morgan fingerprint density at radius 2 is 1.58 bits per heavy atom. The van der Waals surface area contributed by atoms with Gasteiger partial charge in [0.1, 0.15) is 35.9 Å². The average Bonchev–Trinajstić information content (AvgIpc) is 2.58. The number of rotatable bonds is 5. The van der Waals surface area contributed by atoms with Gasteiger partial charge in [0.05, 0.1) is 13.7 Å². The molecule has 2 rings (SSSR count). The van der Waals surface area contributed by atoms with E-state index in [0.29, 0.717) is 5.75 Å². The average molecular weight is 397 g/mol. The highest BCUT2D eigenvalue weighted by Gasteiger charge is 2.42. The third-order valence-electron chi connectivity index (χ3n) is 3.31. The summed E-state index contributed by atoms with van der Waals surface area (Å²) in [7, 11) is -1.03. The maximum absolute atomic E-state index is 10.6. The van der Waals surface area contributed by atoms with Gasteiger partial charge in [-0.2, -0.15) is 0 Å². The fraction of sp³-hybridized carbons (Fsp3) is 0.571. The molecule has 0 amide bonds. The van der Waals surface area contributed by atoms with E-state index in [1.54, 1.807) is 12.1 Å². The lowest BCUT2D eigenvalue weighted by atomic mass is 9.99. The van der Waals surface area contributed by atoms with Gasteiger partial charge in [-0.15, -0.1) is 0 Å². The van der Waals surface area contributed by atoms with Crippen LogP contribution in [-0.2, 0) is 14.0 Å². The Hall–Kier alpha value is -1.27. The van der Waals surface area contributed by atoms with Crippen LogP contribution >= 0.6 is 7.75 Å². The van der Waals surface area contributed by atoms with Gasteiger partial charge < -0.3 is 44.1 Å². The molecule has 1 unspecified atom stereocenters. The molecular formula is C14H24NO10P. The van der Waals surface area contributed by atoms with Crippen LogP contribution in [0.1, 0.15) is 0 Å². The molecule has 0 radical (unpaired) electrons. The zero-order valence-corrected chi connectivity index (χ0v) is 15.1. The second-order valence-corrected chi connectivity index (χ2v) is 6.63. The van der Waals surface area contributed by atoms with Crippen LogP contribution in [0.4, 0.5) is 0 Å². The maximum Gasteiger partial charge on any atom is 0.453 e. The molecule has 1 aromatic rings. The van der Waals surface area contributed by atoms with E-state index >= 15 is 0 Å². The monoisotopic (exact) mass is 397 g/mol. The zero-order valence-electron chi connectivity index (χ0n) is 14.2. The number of hydrogen-bond acceptors (Lipinski definition) is 9. The number of methoxy groups -OCH3 is 2. The molecule has 0 spiro atoms. The molecule has 0 aliphatic carbocycles. The lowest BCUT2D eigenvalue weighted by Crippen LogP contribution is -2.58. The van der Waals surface area contributed by atoms with Crippen molar-refractivity contribution < 1.29 is 48.6 Å². The van der Waals surface area contributed by atoms with Crippen molar-refractivity contribution in [1.82, 2.24) is 0 Å². The van der Waals surface area contributed by atoms with Crippen molar-refractivity contribution in [2.75, 3.05) is 20.8 Å². The smallest absolute Gasteiger partial charge is 0.453 e. The van der Waals surface area contributed by atoms with E-state index in [1.807, 2.05) is 0 Å². The van der Waals surface area contributed by atoms with Gasteiger partial charge in [0, 0.05) is 7.11 Å². The van der Waals surface area contributed by atoms with Crippen LogP contribution in [-0.4, -0.2) is 76.9 Å². The Morgan fingerprint density at radius 1 is 1.04 bits per heavy atom. The molecule has 150 valence electrons. The van der Waals surface area contributed by atoms with Gasteiger partial charge in [-0.1, -0.05) is 0 Å². The van der Waals surface area contributed by atoms with E-state index in [4.69, 9.17) is 34.8 Å². The van der Waals surface area contributed by atoms with Crippen LogP contribution in [0.25, 0.3) is 0 Å². The molecule has 0 bridgehead atoms. The Bertz CT molecular complexity index is 580. The molecular weight excluding hydrogens is 373 g/mol. The van der Waals surface area contributed by atoms with Crippen molar-refractivity contribution in [3.8, 4) is 11.5 Å². The van der Waals surface area contributed by atoms with E-state index < -0.39 is 38.5 Å². The highest BCUT2D eigenvalue weighted by molar-refractivity contribution is 7.50. The summed E-state index contributed by atoms with van der Waals surface area (Å²) in [4.78, 5) is 8.68. The summed E-state index contributed by atoms with van der Waals surface area (Å²) in [5.74, 6) is 0.867. The van der Waals surface area contributed by atoms with Crippen molar-refractivity contribution in [2.45, 2.75) is 30.7 Å². The fourth-order valence-corrected chi connectivity index (χ4v) is 2.44. The number of benzene rings is 1. The van der Waals surface area contributed by atoms with Crippen molar-refractivity contribution in [1.29, 1.82) is 0 Å². The van der Waals surface area contributed by atoms with Gasteiger partial charge >= 0.3 is 7.75 Å². The van der Waals surface area contributed by atoms with E-state index in [0.717, 1.165) is 0 Å². The topological polar surface area (TPSA) is 181 Å². The van der Waals surface area contributed by atoms with E-state index in [2.05, 4.69) is 4.52 Å². The minimum atomic E-state index is -3.95. The summed E-state index contributed by atoms with van der Waals surface area (Å²) >= 11 is 0. The molecule has 0 aromatic heterocycles. The minimum Gasteiger partial charge on any atom is -0.497 e. The zero-order chi connectivity index (χ0) is 19.9. The second-order valence-electron chi connectivity index (χ2n) is 5.32. The number of aliphatic hydroxyl groups excluding tert-OH is 4. The maximum atomic E-state index is 10.6. The molecule has 1 saturated heterocycles. The number of ether oxygens (including phenoxy) is 3. The molecule has 1 fully saturated rings. The first-order chi connectivity index (χ1) is 12.1. The Labute approximate surface area is 150 Å². The predicted octanol–water partition coefficient (Wildman–Crippen LogP) is -1.43. The molecule has 1 aliphatic heterocycles. The van der Waals surface area contributed by atoms with E-state index in [-0.39, 0.29) is 12.4 Å². The quantitative estimate of drug-likeness (QED) is 0.320. The predicted molar refractivity (Wildman–Crippen MR) is 88.4 cm³/mol. The van der Waals surface area contributed by atoms with Gasteiger partial charge in [0.2, 0.25) is 0 Å². The lowest BCUT2D eigenvalue weighted by Gasteiger charge is -2.37. The van der Waals surface area contributed by atoms with Crippen molar-refractivity contribution in [2.24, 2.45) is 5.50 Å². The molecule has 1 heterocycles. The van der Waals surface area contributed by atoms with Gasteiger partial charge in [-0.05, 0) is 24.3 Å². The second kappa shape index (κ2) is 10.2. The summed E-state index contributed by atoms with van der Waals surface area (Å²) in [6, 6.07) is 6.19. The molecule has 7 N–H and O–H groups in total. The van der Waals surface area contributed by atoms with Crippen LogP contribution in [0, 0.1) is 0 Å². The third kappa shape index (κ3) is 7.16. The summed E-state index contributed by atoms with van der Waals surface area (Å²) in [5.41, 5.74) is 4.80. The minimum absolute atomic E-state index is 0.0437. The van der Waals surface area contributed by atoms with Gasteiger partial charge in [-0.3, -0.25) is 0 Å². The van der Waals surface area contributed by atoms with Crippen LogP contribution in [0.3, 0.4) is 0 Å². The third-order valence-corrected chi connectivity index (χ3v) is 3.79. The van der Waals surface area contributed by atoms with Gasteiger partial charge in [0.25, 0.3) is 0 Å². The molecule has 11 nitrogen and oxygen atoms in total. The normalized spacial score (nSPS) is 30.5. The fourth-order valence-electron chi connectivity index (χ4n) is 2.02. The summed E-state index contributed by atoms with van der Waals surface area (Å²) in [5, 5.41) is 36.7. The SMILES string of the molecule is COC[C@H]1O[C@H](O)[C@H](O)[C@@H](O)[C@H]1O.COc1ccc(OP(N)(=O)O)cc1. The first-order valence-corrected chi connectivity index (χ1v) is 9.05. The number of hydrogen-bond donors (Lipinski definition) is 6. The summed E-state index contributed by atoms with van der Waals surface area (Å²) in [6.07, 6.45) is -6.46. The van der Waals surface area contributed by atoms with Crippen LogP contribution in [0.2, 0.25) is 0 Å². The lowest BCUT2D eigenvalue weighted by molar-refractivity contribution is -0.287. The number of aliphatic hydroxyl groups is 4. The van der Waals surface area contributed by atoms with Crippen molar-refractivity contribution >= 4 is 7.75 Å². The largest absolute Gasteiger partial charge is 0.497 e. The van der Waals surface area contributed by atoms with Crippen molar-refractivity contribution in [3.63, 3.8) is 0 Å². The van der Waals surface area contributed by atoms with Crippen molar-refractivity contribution in [3.05, 3.63) is 24.3 Å². The highest BCUT2D eigenvalue weighted by atomic mass is 31.2. The first-order valence-electron chi connectivity index (χ1n) is 7.40. The summed E-state index contributed by atoms with van der Waals surface area (Å²) < 4.78 is 29.5. The number of nitrogens with two attached hydrogens (primary N) is 1. The van der Waals surface area contributed by atoms with Crippen LogP contribution < -0.4 is 14.8 Å². The molecule has 12 heteroatoms. The Morgan fingerprint density at radius 3 is 2.04 bits per heavy atom. The molecule has 6 atom stereocenters. The highest BCUT2D eigenvalue weighted by Crippen LogP contribution is 2.34. The molecule has 1 aromatic carbocycles. The molecule has 26 heavy (non-hydrogen) atoms. The summed E-state index contributed by atoms with van der Waals surface area (Å²) in [6.45, 7) is 0.0437. The molecule has 1 aliphatic rings. The van der Waals surface area contributed by atoms with Gasteiger partial charge in [-0.25, -0.2) is 10.1 Å². The molecule has 0 saturated carbocycles. The van der Waals surface area contributed by atoms with Crippen LogP contribution in [0.5, 0.6) is 11.5 Å².